The van der Waals surface area contributed by atoms with Crippen LogP contribution in [-0.4, -0.2) is 16.6 Å². The zero-order valence-electron chi connectivity index (χ0n) is 7.50. The molecule has 4 heteroatoms. The highest BCUT2D eigenvalue weighted by Crippen LogP contribution is 2.47. The lowest BCUT2D eigenvalue weighted by atomic mass is 10.1. The van der Waals surface area contributed by atoms with Crippen LogP contribution in [0.15, 0.2) is 18.2 Å². The zero-order chi connectivity index (χ0) is 9.76. The molecule has 3 rings (SSSR count). The van der Waals surface area contributed by atoms with Crippen LogP contribution in [0.3, 0.4) is 0 Å². The number of hydrogen-bond acceptors (Lipinski definition) is 3. The van der Waals surface area contributed by atoms with Gasteiger partial charge >= 0.3 is 0 Å². The third kappa shape index (κ3) is 0.852. The number of carbonyl (C=O) groups is 1. The van der Waals surface area contributed by atoms with Crippen molar-refractivity contribution < 1.29 is 9.90 Å². The smallest absolute Gasteiger partial charge is 0.250 e. The number of anilines is 2. The van der Waals surface area contributed by atoms with E-state index in [1.54, 1.807) is 12.1 Å². The first-order valence-corrected chi connectivity index (χ1v) is 4.63. The molecule has 1 fully saturated rings. The molecular formula is C10H10N2O2. The minimum Gasteiger partial charge on any atom is -0.506 e. The fourth-order valence-electron chi connectivity index (χ4n) is 1.80. The molecular weight excluding hydrogens is 180 g/mol. The summed E-state index contributed by atoms with van der Waals surface area (Å²) in [5.74, 6) is 0.0744. The van der Waals surface area contributed by atoms with Gasteiger partial charge in [-0.1, -0.05) is 6.07 Å². The topological polar surface area (TPSA) is 61.4 Å². The summed E-state index contributed by atoms with van der Waals surface area (Å²) in [6, 6.07) is 5.18. The summed E-state index contributed by atoms with van der Waals surface area (Å²) in [6.07, 6.45) is 1.74. The Kier molecular flexibility index (Phi) is 1.21. The SMILES string of the molecule is O=C1Nc2c(O)cccc2NC12CC2. The second-order valence-electron chi connectivity index (χ2n) is 3.86. The van der Waals surface area contributed by atoms with Crippen molar-refractivity contribution in [3.8, 4) is 5.75 Å². The summed E-state index contributed by atoms with van der Waals surface area (Å²) in [4.78, 5) is 11.6. The van der Waals surface area contributed by atoms with E-state index in [-0.39, 0.29) is 17.2 Å². The lowest BCUT2D eigenvalue weighted by molar-refractivity contribution is -0.117. The van der Waals surface area contributed by atoms with E-state index in [0.29, 0.717) is 5.69 Å². The maximum Gasteiger partial charge on any atom is 0.250 e. The van der Waals surface area contributed by atoms with Crippen LogP contribution in [0.25, 0.3) is 0 Å². The Morgan fingerprint density at radius 2 is 2.14 bits per heavy atom. The van der Waals surface area contributed by atoms with Gasteiger partial charge in [-0.05, 0) is 25.0 Å². The van der Waals surface area contributed by atoms with Crippen LogP contribution < -0.4 is 10.6 Å². The van der Waals surface area contributed by atoms with Gasteiger partial charge in [0.25, 0.3) is 0 Å². The Morgan fingerprint density at radius 3 is 2.86 bits per heavy atom. The molecule has 4 nitrogen and oxygen atoms in total. The number of phenolic OH excluding ortho intramolecular Hbond substituents is 1. The largest absolute Gasteiger partial charge is 0.506 e. The maximum absolute atomic E-state index is 11.6. The van der Waals surface area contributed by atoms with E-state index >= 15 is 0 Å². The van der Waals surface area contributed by atoms with Crippen molar-refractivity contribution in [3.63, 3.8) is 0 Å². The number of benzene rings is 1. The molecule has 1 amide bonds. The number of amides is 1. The highest BCUT2D eigenvalue weighted by atomic mass is 16.3. The van der Waals surface area contributed by atoms with Gasteiger partial charge in [-0.15, -0.1) is 0 Å². The number of para-hydroxylation sites is 1. The Balaban J connectivity index is 2.11. The van der Waals surface area contributed by atoms with E-state index < -0.39 is 0 Å². The molecule has 1 saturated carbocycles. The quantitative estimate of drug-likeness (QED) is 0.540. The number of nitrogens with one attached hydrogen (secondary N) is 2. The van der Waals surface area contributed by atoms with E-state index in [9.17, 15) is 9.90 Å². The predicted octanol–water partition coefficient (Wildman–Crippen LogP) is 1.29. The minimum atomic E-state index is -0.388. The third-order valence-corrected chi connectivity index (χ3v) is 2.84. The Hall–Kier alpha value is -1.71. The summed E-state index contributed by atoms with van der Waals surface area (Å²) in [6.45, 7) is 0. The highest BCUT2D eigenvalue weighted by Gasteiger charge is 2.52. The average molecular weight is 190 g/mol. The van der Waals surface area contributed by atoms with Crippen molar-refractivity contribution in [2.45, 2.75) is 18.4 Å². The van der Waals surface area contributed by atoms with Gasteiger partial charge in [-0.3, -0.25) is 4.79 Å². The summed E-state index contributed by atoms with van der Waals surface area (Å²) in [5, 5.41) is 15.4. The van der Waals surface area contributed by atoms with Gasteiger partial charge in [0.15, 0.2) is 0 Å². The summed E-state index contributed by atoms with van der Waals surface area (Å²) >= 11 is 0. The van der Waals surface area contributed by atoms with Crippen molar-refractivity contribution in [2.75, 3.05) is 10.6 Å². The number of aromatic hydroxyl groups is 1. The Bertz CT molecular complexity index is 424. The second-order valence-corrected chi connectivity index (χ2v) is 3.86. The summed E-state index contributed by atoms with van der Waals surface area (Å²) in [7, 11) is 0. The molecule has 1 spiro atoms. The monoisotopic (exact) mass is 190 g/mol. The molecule has 1 aliphatic carbocycles. The fraction of sp³-hybridized carbons (Fsp3) is 0.300. The first-order valence-electron chi connectivity index (χ1n) is 4.63. The van der Waals surface area contributed by atoms with Crippen molar-refractivity contribution >= 4 is 17.3 Å². The van der Waals surface area contributed by atoms with E-state index in [4.69, 9.17) is 0 Å². The minimum absolute atomic E-state index is 0.0356. The molecule has 1 heterocycles. The molecule has 14 heavy (non-hydrogen) atoms. The van der Waals surface area contributed by atoms with Gasteiger partial charge in [-0.2, -0.15) is 0 Å². The molecule has 1 aromatic rings. The fourth-order valence-corrected chi connectivity index (χ4v) is 1.80. The van der Waals surface area contributed by atoms with E-state index in [2.05, 4.69) is 10.6 Å². The normalized spacial score (nSPS) is 21.0. The molecule has 2 aliphatic rings. The molecule has 0 radical (unpaired) electrons. The van der Waals surface area contributed by atoms with Gasteiger partial charge < -0.3 is 15.7 Å². The lowest BCUT2D eigenvalue weighted by Gasteiger charge is -2.26. The van der Waals surface area contributed by atoms with Gasteiger partial charge in [0.1, 0.15) is 17.0 Å². The van der Waals surface area contributed by atoms with Crippen LogP contribution in [0.5, 0.6) is 5.75 Å². The van der Waals surface area contributed by atoms with E-state index in [0.717, 1.165) is 18.5 Å². The number of rotatable bonds is 0. The molecule has 0 aromatic heterocycles. The molecule has 0 atom stereocenters. The number of fused-ring (bicyclic) bond motifs is 1. The van der Waals surface area contributed by atoms with Gasteiger partial charge in [0.2, 0.25) is 5.91 Å². The van der Waals surface area contributed by atoms with Gasteiger partial charge in [-0.25, -0.2) is 0 Å². The zero-order valence-corrected chi connectivity index (χ0v) is 7.50. The summed E-state index contributed by atoms with van der Waals surface area (Å²) in [5.41, 5.74) is 0.915. The molecule has 0 bridgehead atoms. The van der Waals surface area contributed by atoms with Crippen LogP contribution in [-0.2, 0) is 4.79 Å². The van der Waals surface area contributed by atoms with Crippen molar-refractivity contribution in [1.29, 1.82) is 0 Å². The number of carbonyl (C=O) groups excluding carboxylic acids is 1. The van der Waals surface area contributed by atoms with Crippen molar-refractivity contribution in [2.24, 2.45) is 0 Å². The van der Waals surface area contributed by atoms with Gasteiger partial charge in [0, 0.05) is 0 Å². The van der Waals surface area contributed by atoms with Crippen molar-refractivity contribution in [3.05, 3.63) is 18.2 Å². The number of hydrogen-bond donors (Lipinski definition) is 3. The first-order chi connectivity index (χ1) is 6.71. The first kappa shape index (κ1) is 7.67. The van der Waals surface area contributed by atoms with Crippen LogP contribution in [0.4, 0.5) is 11.4 Å². The summed E-state index contributed by atoms with van der Waals surface area (Å²) < 4.78 is 0. The molecule has 1 aliphatic heterocycles. The van der Waals surface area contributed by atoms with Crippen LogP contribution in [0.2, 0.25) is 0 Å². The molecule has 3 N–H and O–H groups in total. The van der Waals surface area contributed by atoms with Crippen molar-refractivity contribution in [1.82, 2.24) is 0 Å². The number of phenols is 1. The maximum atomic E-state index is 11.6. The lowest BCUT2D eigenvalue weighted by Crippen LogP contribution is -2.40. The van der Waals surface area contributed by atoms with Crippen LogP contribution in [0.1, 0.15) is 12.8 Å². The Labute approximate surface area is 80.9 Å². The van der Waals surface area contributed by atoms with Crippen LogP contribution >= 0.6 is 0 Å². The standard InChI is InChI=1S/C10H10N2O2/c13-7-3-1-2-6-8(7)11-9(14)10(12-6)4-5-10/h1-3,12-13H,4-5H2,(H,11,14). The highest BCUT2D eigenvalue weighted by molar-refractivity contribution is 6.09. The third-order valence-electron chi connectivity index (χ3n) is 2.84. The van der Waals surface area contributed by atoms with Crippen LogP contribution in [0, 0.1) is 0 Å². The molecule has 1 aromatic carbocycles. The predicted molar refractivity (Wildman–Crippen MR) is 52.3 cm³/mol. The molecule has 0 saturated heterocycles. The van der Waals surface area contributed by atoms with Gasteiger partial charge in [0.05, 0.1) is 5.69 Å². The molecule has 72 valence electrons. The second kappa shape index (κ2) is 2.20. The van der Waals surface area contributed by atoms with E-state index in [1.807, 2.05) is 6.07 Å². The average Bonchev–Trinajstić information content (AvgIpc) is 2.91. The van der Waals surface area contributed by atoms with E-state index in [1.165, 1.54) is 0 Å². The molecule has 0 unspecified atom stereocenters. The Morgan fingerprint density at radius 1 is 1.36 bits per heavy atom.